The fraction of sp³-hybridized carbons (Fsp3) is 0.500. The first-order valence-corrected chi connectivity index (χ1v) is 7.90. The van der Waals surface area contributed by atoms with Crippen molar-refractivity contribution in [3.05, 3.63) is 23.8 Å². The molecule has 6 heteroatoms. The number of nitrogens with one attached hydrogen (secondary N) is 2. The van der Waals surface area contributed by atoms with E-state index in [1.54, 1.807) is 12.1 Å². The number of benzene rings is 1. The number of carbonyl (C=O) groups excluding carboxylic acids is 2. The SMILES string of the molecule is NC(=O)c1ccc(N2CCCCC2)c(NC(=O)NC2CC2)c1. The Morgan fingerprint density at radius 1 is 1.14 bits per heavy atom. The maximum absolute atomic E-state index is 12.0. The zero-order chi connectivity index (χ0) is 15.5. The number of hydrogen-bond acceptors (Lipinski definition) is 3. The van der Waals surface area contributed by atoms with Gasteiger partial charge in [0.25, 0.3) is 0 Å². The Balaban J connectivity index is 1.82. The number of anilines is 2. The van der Waals surface area contributed by atoms with Gasteiger partial charge in [0.15, 0.2) is 0 Å². The molecule has 3 rings (SSSR count). The van der Waals surface area contributed by atoms with E-state index in [1.807, 2.05) is 6.07 Å². The second-order valence-electron chi connectivity index (χ2n) is 6.02. The van der Waals surface area contributed by atoms with E-state index in [9.17, 15) is 9.59 Å². The largest absolute Gasteiger partial charge is 0.370 e. The number of carbonyl (C=O) groups is 2. The molecule has 1 aromatic carbocycles. The predicted octanol–water partition coefficient (Wildman–Crippen LogP) is 2.06. The zero-order valence-corrected chi connectivity index (χ0v) is 12.6. The van der Waals surface area contributed by atoms with Crippen LogP contribution in [0, 0.1) is 0 Å². The normalized spacial score (nSPS) is 17.9. The Hall–Kier alpha value is -2.24. The fourth-order valence-electron chi connectivity index (χ4n) is 2.77. The van der Waals surface area contributed by atoms with Crippen molar-refractivity contribution in [2.75, 3.05) is 23.3 Å². The van der Waals surface area contributed by atoms with Gasteiger partial charge < -0.3 is 21.3 Å². The Morgan fingerprint density at radius 3 is 2.50 bits per heavy atom. The average Bonchev–Trinajstić information content (AvgIpc) is 3.31. The van der Waals surface area contributed by atoms with Crippen molar-refractivity contribution in [2.45, 2.75) is 38.1 Å². The molecule has 0 aromatic heterocycles. The molecule has 0 atom stereocenters. The minimum absolute atomic E-state index is 0.220. The Labute approximate surface area is 130 Å². The number of nitrogens with zero attached hydrogens (tertiary/aromatic N) is 1. The molecule has 1 aromatic rings. The van der Waals surface area contributed by atoms with Gasteiger partial charge in [-0.15, -0.1) is 0 Å². The lowest BCUT2D eigenvalue weighted by Gasteiger charge is -2.30. The lowest BCUT2D eigenvalue weighted by molar-refractivity contribution is 0.100. The molecule has 1 saturated carbocycles. The first kappa shape index (κ1) is 14.7. The Morgan fingerprint density at radius 2 is 1.86 bits per heavy atom. The third-order valence-corrected chi connectivity index (χ3v) is 4.14. The second-order valence-corrected chi connectivity index (χ2v) is 6.02. The highest BCUT2D eigenvalue weighted by atomic mass is 16.2. The highest BCUT2D eigenvalue weighted by Crippen LogP contribution is 2.30. The number of hydrogen-bond donors (Lipinski definition) is 3. The van der Waals surface area contributed by atoms with Crippen LogP contribution in [0.25, 0.3) is 0 Å². The van der Waals surface area contributed by atoms with Gasteiger partial charge in [0, 0.05) is 24.7 Å². The molecule has 2 aliphatic rings. The number of amides is 3. The van der Waals surface area contributed by atoms with E-state index in [4.69, 9.17) is 5.73 Å². The van der Waals surface area contributed by atoms with Crippen LogP contribution in [0.3, 0.4) is 0 Å². The molecule has 1 saturated heterocycles. The van der Waals surface area contributed by atoms with Gasteiger partial charge in [-0.05, 0) is 50.3 Å². The van der Waals surface area contributed by atoms with Gasteiger partial charge in [0.05, 0.1) is 11.4 Å². The van der Waals surface area contributed by atoms with Crippen LogP contribution >= 0.6 is 0 Å². The highest BCUT2D eigenvalue weighted by molar-refractivity contribution is 5.99. The van der Waals surface area contributed by atoms with Gasteiger partial charge in [0.1, 0.15) is 0 Å². The van der Waals surface area contributed by atoms with Crippen LogP contribution < -0.4 is 21.3 Å². The third kappa shape index (κ3) is 3.50. The summed E-state index contributed by atoms with van der Waals surface area (Å²) in [6.07, 6.45) is 5.60. The van der Waals surface area contributed by atoms with E-state index < -0.39 is 5.91 Å². The van der Waals surface area contributed by atoms with Gasteiger partial charge in [-0.1, -0.05) is 0 Å². The Kier molecular flexibility index (Phi) is 4.18. The quantitative estimate of drug-likeness (QED) is 0.795. The van der Waals surface area contributed by atoms with Gasteiger partial charge in [-0.2, -0.15) is 0 Å². The maximum atomic E-state index is 12.0. The average molecular weight is 302 g/mol. The van der Waals surface area contributed by atoms with Crippen molar-refractivity contribution >= 4 is 23.3 Å². The van der Waals surface area contributed by atoms with E-state index in [-0.39, 0.29) is 12.1 Å². The molecule has 1 aliphatic heterocycles. The van der Waals surface area contributed by atoms with Gasteiger partial charge in [0.2, 0.25) is 5.91 Å². The molecule has 2 fully saturated rings. The molecule has 1 aliphatic carbocycles. The zero-order valence-electron chi connectivity index (χ0n) is 12.6. The van der Waals surface area contributed by atoms with Crippen LogP contribution in [0.5, 0.6) is 0 Å². The second kappa shape index (κ2) is 6.25. The summed E-state index contributed by atoms with van der Waals surface area (Å²) in [7, 11) is 0. The summed E-state index contributed by atoms with van der Waals surface area (Å²) in [5.74, 6) is -0.490. The monoisotopic (exact) mass is 302 g/mol. The number of urea groups is 1. The summed E-state index contributed by atoms with van der Waals surface area (Å²) in [5.41, 5.74) is 7.36. The number of primary amides is 1. The predicted molar refractivity (Wildman–Crippen MR) is 86.2 cm³/mol. The molecule has 1 heterocycles. The van der Waals surface area contributed by atoms with Crippen molar-refractivity contribution in [1.82, 2.24) is 5.32 Å². The van der Waals surface area contributed by atoms with Gasteiger partial charge in [-0.3, -0.25) is 4.79 Å². The molecule has 6 nitrogen and oxygen atoms in total. The van der Waals surface area contributed by atoms with Crippen molar-refractivity contribution in [1.29, 1.82) is 0 Å². The van der Waals surface area contributed by atoms with Gasteiger partial charge >= 0.3 is 6.03 Å². The van der Waals surface area contributed by atoms with Crippen LogP contribution in [0.1, 0.15) is 42.5 Å². The van der Waals surface area contributed by atoms with E-state index in [1.165, 1.54) is 6.42 Å². The molecule has 118 valence electrons. The van der Waals surface area contributed by atoms with Crippen molar-refractivity contribution in [3.8, 4) is 0 Å². The molecule has 4 N–H and O–H groups in total. The van der Waals surface area contributed by atoms with E-state index in [2.05, 4.69) is 15.5 Å². The molecule has 22 heavy (non-hydrogen) atoms. The number of piperidine rings is 1. The maximum Gasteiger partial charge on any atom is 0.319 e. The lowest BCUT2D eigenvalue weighted by atomic mass is 10.1. The summed E-state index contributed by atoms with van der Waals surface area (Å²) in [4.78, 5) is 25.7. The Bertz CT molecular complexity index is 578. The molecule has 0 radical (unpaired) electrons. The third-order valence-electron chi connectivity index (χ3n) is 4.14. The smallest absolute Gasteiger partial charge is 0.319 e. The summed E-state index contributed by atoms with van der Waals surface area (Å²) in [5, 5.41) is 5.77. The van der Waals surface area contributed by atoms with E-state index in [0.29, 0.717) is 11.3 Å². The lowest BCUT2D eigenvalue weighted by Crippen LogP contribution is -2.33. The van der Waals surface area contributed by atoms with E-state index in [0.717, 1.165) is 44.5 Å². The van der Waals surface area contributed by atoms with Crippen LogP contribution in [0.15, 0.2) is 18.2 Å². The highest BCUT2D eigenvalue weighted by Gasteiger charge is 2.24. The minimum atomic E-state index is -0.490. The first-order chi connectivity index (χ1) is 10.6. The number of rotatable bonds is 4. The molecular weight excluding hydrogens is 280 g/mol. The molecule has 0 spiro atoms. The van der Waals surface area contributed by atoms with Gasteiger partial charge in [-0.25, -0.2) is 4.79 Å². The van der Waals surface area contributed by atoms with Crippen LogP contribution in [-0.4, -0.2) is 31.1 Å². The molecule has 0 bridgehead atoms. The summed E-state index contributed by atoms with van der Waals surface area (Å²) < 4.78 is 0. The minimum Gasteiger partial charge on any atom is -0.370 e. The molecular formula is C16H22N4O2. The van der Waals surface area contributed by atoms with Crippen molar-refractivity contribution in [3.63, 3.8) is 0 Å². The first-order valence-electron chi connectivity index (χ1n) is 7.90. The fourth-order valence-corrected chi connectivity index (χ4v) is 2.77. The standard InChI is InChI=1S/C16H22N4O2/c17-15(21)11-4-7-14(20-8-2-1-3-9-20)13(10-11)19-16(22)18-12-5-6-12/h4,7,10,12H,1-3,5-6,8-9H2,(H2,17,21)(H2,18,19,22). The van der Waals surface area contributed by atoms with Crippen LogP contribution in [0.4, 0.5) is 16.2 Å². The summed E-state index contributed by atoms with van der Waals surface area (Å²) in [6, 6.07) is 5.33. The van der Waals surface area contributed by atoms with Crippen molar-refractivity contribution in [2.24, 2.45) is 5.73 Å². The molecule has 3 amide bonds. The molecule has 0 unspecified atom stereocenters. The topological polar surface area (TPSA) is 87.5 Å². The van der Waals surface area contributed by atoms with Crippen molar-refractivity contribution < 1.29 is 9.59 Å². The summed E-state index contributed by atoms with van der Waals surface area (Å²) in [6.45, 7) is 1.93. The summed E-state index contributed by atoms with van der Waals surface area (Å²) >= 11 is 0. The van der Waals surface area contributed by atoms with E-state index >= 15 is 0 Å². The van der Waals surface area contributed by atoms with Crippen LogP contribution in [-0.2, 0) is 0 Å². The number of nitrogens with two attached hydrogens (primary N) is 1. The van der Waals surface area contributed by atoms with Crippen LogP contribution in [0.2, 0.25) is 0 Å².